The normalized spacial score (nSPS) is 12.6. The van der Waals surface area contributed by atoms with E-state index in [2.05, 4.69) is 0 Å². The van der Waals surface area contributed by atoms with Crippen molar-refractivity contribution in [1.82, 2.24) is 4.57 Å². The Labute approximate surface area is 104 Å². The predicted octanol–water partition coefficient (Wildman–Crippen LogP) is 2.55. The zero-order chi connectivity index (χ0) is 13.4. The van der Waals surface area contributed by atoms with E-state index < -0.39 is 25.7 Å². The number of sulfone groups is 1. The molecule has 0 saturated heterocycles. The van der Waals surface area contributed by atoms with E-state index in [1.807, 2.05) is 0 Å². The maximum absolute atomic E-state index is 14.1. The van der Waals surface area contributed by atoms with E-state index in [9.17, 15) is 17.2 Å². The number of aromatic nitrogens is 1. The van der Waals surface area contributed by atoms with Crippen molar-refractivity contribution in [3.8, 4) is 0 Å². The Bertz CT molecular complexity index is 648. The summed E-state index contributed by atoms with van der Waals surface area (Å²) in [4.78, 5) is -0.392. The van der Waals surface area contributed by atoms with E-state index in [0.717, 1.165) is 22.8 Å². The van der Waals surface area contributed by atoms with Gasteiger partial charge in [0.15, 0.2) is 0 Å². The van der Waals surface area contributed by atoms with Crippen LogP contribution >= 0.6 is 0 Å². The molecule has 0 spiro atoms. The molecule has 6 heteroatoms. The summed E-state index contributed by atoms with van der Waals surface area (Å²) < 4.78 is 53.2. The van der Waals surface area contributed by atoms with Gasteiger partial charge in [-0.1, -0.05) is 18.2 Å². The molecule has 2 aromatic rings. The van der Waals surface area contributed by atoms with Crippen LogP contribution < -0.4 is 0 Å². The van der Waals surface area contributed by atoms with Crippen LogP contribution in [-0.2, 0) is 22.1 Å². The molecule has 0 aliphatic rings. The molecule has 0 N–H and O–H groups in total. The van der Waals surface area contributed by atoms with Gasteiger partial charge in [-0.05, 0) is 24.3 Å². The Morgan fingerprint density at radius 1 is 1.06 bits per heavy atom. The van der Waals surface area contributed by atoms with Crippen molar-refractivity contribution >= 4 is 9.84 Å². The molecule has 0 atom stereocenters. The van der Waals surface area contributed by atoms with Crippen LogP contribution in [0, 0.1) is 0 Å². The number of rotatable bonds is 3. The Morgan fingerprint density at radius 2 is 1.67 bits per heavy atom. The molecule has 0 unspecified atom stereocenters. The largest absolute Gasteiger partial charge is 0.389 e. The summed E-state index contributed by atoms with van der Waals surface area (Å²) in [6.45, 7) is 0. The standard InChI is InChI=1S/C12H11F2NO2S/c1-15-9-5-8-11(15)12(13,14)18(16,17)10-6-3-2-4-7-10/h2-9H,1H3. The quantitative estimate of drug-likeness (QED) is 0.860. The van der Waals surface area contributed by atoms with Gasteiger partial charge in [-0.2, -0.15) is 8.78 Å². The van der Waals surface area contributed by atoms with Crippen molar-refractivity contribution in [2.75, 3.05) is 0 Å². The van der Waals surface area contributed by atoms with E-state index in [1.54, 1.807) is 6.07 Å². The van der Waals surface area contributed by atoms with Crippen LogP contribution in [0.1, 0.15) is 5.69 Å². The molecule has 1 aromatic carbocycles. The summed E-state index contributed by atoms with van der Waals surface area (Å²) in [5, 5.41) is -3.95. The maximum Gasteiger partial charge on any atom is 0.389 e. The van der Waals surface area contributed by atoms with E-state index in [-0.39, 0.29) is 0 Å². The molecule has 2 rings (SSSR count). The molecule has 0 aliphatic carbocycles. The number of benzene rings is 1. The third kappa shape index (κ3) is 1.82. The van der Waals surface area contributed by atoms with Crippen molar-refractivity contribution in [3.63, 3.8) is 0 Å². The third-order valence-corrected chi connectivity index (χ3v) is 4.41. The van der Waals surface area contributed by atoms with Crippen LogP contribution in [0.15, 0.2) is 53.6 Å². The van der Waals surface area contributed by atoms with E-state index in [0.29, 0.717) is 0 Å². The van der Waals surface area contributed by atoms with Crippen LogP contribution in [-0.4, -0.2) is 13.0 Å². The van der Waals surface area contributed by atoms with Gasteiger partial charge < -0.3 is 4.57 Å². The summed E-state index contributed by atoms with van der Waals surface area (Å²) in [6.07, 6.45) is 1.38. The predicted molar refractivity (Wildman–Crippen MR) is 62.9 cm³/mol. The topological polar surface area (TPSA) is 39.1 Å². The molecular weight excluding hydrogens is 260 g/mol. The second-order valence-electron chi connectivity index (χ2n) is 3.84. The SMILES string of the molecule is Cn1cccc1C(F)(F)S(=O)(=O)c1ccccc1. The van der Waals surface area contributed by atoms with Crippen molar-refractivity contribution in [2.45, 2.75) is 10.2 Å². The average Bonchev–Trinajstić information content (AvgIpc) is 2.77. The number of alkyl halides is 2. The molecule has 1 heterocycles. The number of halogens is 2. The lowest BCUT2D eigenvalue weighted by molar-refractivity contribution is 0.0823. The Hall–Kier alpha value is -1.69. The molecule has 0 aliphatic heterocycles. The molecule has 0 amide bonds. The number of aryl methyl sites for hydroxylation is 1. The van der Waals surface area contributed by atoms with Crippen LogP contribution in [0.2, 0.25) is 0 Å². The molecular formula is C12H11F2NO2S. The van der Waals surface area contributed by atoms with Crippen LogP contribution in [0.25, 0.3) is 0 Å². The number of hydrogen-bond donors (Lipinski definition) is 0. The lowest BCUT2D eigenvalue weighted by Crippen LogP contribution is -2.28. The monoisotopic (exact) mass is 271 g/mol. The average molecular weight is 271 g/mol. The Kier molecular flexibility index (Phi) is 2.98. The summed E-state index contributed by atoms with van der Waals surface area (Å²) in [6, 6.07) is 9.18. The van der Waals surface area contributed by atoms with E-state index >= 15 is 0 Å². The van der Waals surface area contributed by atoms with Crippen LogP contribution in [0.3, 0.4) is 0 Å². The van der Waals surface area contributed by atoms with E-state index in [4.69, 9.17) is 0 Å². The zero-order valence-electron chi connectivity index (χ0n) is 9.55. The van der Waals surface area contributed by atoms with Gasteiger partial charge in [0.2, 0.25) is 9.84 Å². The van der Waals surface area contributed by atoms with Crippen LogP contribution in [0.4, 0.5) is 8.78 Å². The second-order valence-corrected chi connectivity index (χ2v) is 5.83. The highest BCUT2D eigenvalue weighted by molar-refractivity contribution is 7.92. The van der Waals surface area contributed by atoms with Gasteiger partial charge in [-0.15, -0.1) is 0 Å². The second kappa shape index (κ2) is 4.20. The summed E-state index contributed by atoms with van der Waals surface area (Å²) in [5.74, 6) is 0. The lowest BCUT2D eigenvalue weighted by atomic mass is 10.4. The molecule has 0 saturated carbocycles. The van der Waals surface area contributed by atoms with Gasteiger partial charge in [0, 0.05) is 13.2 Å². The molecule has 18 heavy (non-hydrogen) atoms. The molecule has 0 fully saturated rings. The van der Waals surface area contributed by atoms with Crippen molar-refractivity contribution in [1.29, 1.82) is 0 Å². The third-order valence-electron chi connectivity index (χ3n) is 2.63. The van der Waals surface area contributed by atoms with Crippen molar-refractivity contribution in [3.05, 3.63) is 54.4 Å². The van der Waals surface area contributed by atoms with Crippen molar-refractivity contribution in [2.24, 2.45) is 7.05 Å². The minimum absolute atomic E-state index is 0.392. The highest BCUT2D eigenvalue weighted by Crippen LogP contribution is 2.38. The Balaban J connectivity index is 2.58. The fraction of sp³-hybridized carbons (Fsp3) is 0.167. The zero-order valence-corrected chi connectivity index (χ0v) is 10.4. The maximum atomic E-state index is 14.1. The summed E-state index contributed by atoms with van der Waals surface area (Å²) in [7, 11) is -3.36. The van der Waals surface area contributed by atoms with Gasteiger partial charge >= 0.3 is 5.25 Å². The van der Waals surface area contributed by atoms with Gasteiger partial charge in [-0.3, -0.25) is 0 Å². The van der Waals surface area contributed by atoms with E-state index in [1.165, 1.54) is 31.4 Å². The summed E-state index contributed by atoms with van der Waals surface area (Å²) >= 11 is 0. The fourth-order valence-electron chi connectivity index (χ4n) is 1.65. The van der Waals surface area contributed by atoms with Crippen molar-refractivity contribution < 1.29 is 17.2 Å². The molecule has 96 valence electrons. The lowest BCUT2D eigenvalue weighted by Gasteiger charge is -2.17. The molecule has 3 nitrogen and oxygen atoms in total. The number of hydrogen-bond acceptors (Lipinski definition) is 2. The van der Waals surface area contributed by atoms with Gasteiger partial charge in [0.05, 0.1) is 4.90 Å². The minimum Gasteiger partial charge on any atom is -0.349 e. The van der Waals surface area contributed by atoms with Gasteiger partial charge in [-0.25, -0.2) is 8.42 Å². The first-order valence-electron chi connectivity index (χ1n) is 5.16. The fourth-order valence-corrected chi connectivity index (χ4v) is 2.95. The first-order chi connectivity index (χ1) is 8.37. The first-order valence-corrected chi connectivity index (χ1v) is 6.65. The van der Waals surface area contributed by atoms with Gasteiger partial charge in [0.25, 0.3) is 0 Å². The Morgan fingerprint density at radius 3 is 2.17 bits per heavy atom. The highest BCUT2D eigenvalue weighted by atomic mass is 32.2. The first kappa shape index (κ1) is 12.8. The number of nitrogens with zero attached hydrogens (tertiary/aromatic N) is 1. The highest BCUT2D eigenvalue weighted by Gasteiger charge is 2.49. The molecule has 0 radical (unpaired) electrons. The molecule has 1 aromatic heterocycles. The minimum atomic E-state index is -4.74. The van der Waals surface area contributed by atoms with Gasteiger partial charge in [0.1, 0.15) is 5.69 Å². The summed E-state index contributed by atoms with van der Waals surface area (Å²) in [5.41, 5.74) is -0.550. The van der Waals surface area contributed by atoms with Crippen LogP contribution in [0.5, 0.6) is 0 Å². The molecule has 0 bridgehead atoms. The smallest absolute Gasteiger partial charge is 0.349 e.